The van der Waals surface area contributed by atoms with E-state index in [2.05, 4.69) is 46.2 Å². The molecule has 7 aromatic rings. The van der Waals surface area contributed by atoms with Gasteiger partial charge >= 0.3 is 0 Å². The first-order valence-corrected chi connectivity index (χ1v) is 24.5. The van der Waals surface area contributed by atoms with Gasteiger partial charge in [0.1, 0.15) is 53.7 Å². The van der Waals surface area contributed by atoms with Gasteiger partial charge in [-0.1, -0.05) is 40.9 Å². The molecule has 2 amide bonds. The zero-order chi connectivity index (χ0) is 47.3. The Morgan fingerprint density at radius 3 is 1.76 bits per heavy atom. The fourth-order valence-electron chi connectivity index (χ4n) is 9.82. The second-order valence-electron chi connectivity index (χ2n) is 17.7. The van der Waals surface area contributed by atoms with Crippen molar-refractivity contribution in [2.75, 3.05) is 34.4 Å². The molecule has 0 unspecified atom stereocenters. The van der Waals surface area contributed by atoms with Crippen LogP contribution in [0.1, 0.15) is 44.1 Å². The van der Waals surface area contributed by atoms with Crippen molar-refractivity contribution in [1.29, 1.82) is 0 Å². The van der Waals surface area contributed by atoms with E-state index in [0.717, 1.165) is 52.1 Å². The fraction of sp³-hybridized carbons (Fsp3) is 0.319. The largest absolute Gasteiger partial charge is 0.373 e. The number of piperidine rings is 2. The van der Waals surface area contributed by atoms with Gasteiger partial charge in [0.25, 0.3) is 10.0 Å². The van der Waals surface area contributed by atoms with Gasteiger partial charge < -0.3 is 36.1 Å². The van der Waals surface area contributed by atoms with E-state index < -0.39 is 27.7 Å². The molecule has 0 saturated carbocycles. The molecule has 0 bridgehead atoms. The number of anilines is 4. The van der Waals surface area contributed by atoms with Gasteiger partial charge in [-0.3, -0.25) is 9.59 Å². The third-order valence-electron chi connectivity index (χ3n) is 13.1. The molecule has 4 aliphatic heterocycles. The van der Waals surface area contributed by atoms with Gasteiger partial charge in [0, 0.05) is 71.1 Å². The Balaban J connectivity index is 0.000000165. The summed E-state index contributed by atoms with van der Waals surface area (Å²) in [5.74, 6) is 0.390. The first-order valence-electron chi connectivity index (χ1n) is 22.3. The number of carbonyl (C=O) groups excluding carboxylic acids is 2. The van der Waals surface area contributed by atoms with E-state index in [1.807, 2.05) is 29.0 Å². The van der Waals surface area contributed by atoms with E-state index in [4.69, 9.17) is 23.2 Å². The zero-order valence-corrected chi connectivity index (χ0v) is 38.9. The van der Waals surface area contributed by atoms with E-state index >= 15 is 0 Å². The topological polar surface area (TPSA) is 195 Å². The van der Waals surface area contributed by atoms with E-state index in [1.165, 1.54) is 43.1 Å². The molecule has 3 aromatic carbocycles. The van der Waals surface area contributed by atoms with Crippen LogP contribution in [-0.4, -0.2) is 108 Å². The molecule has 4 fully saturated rings. The Hall–Kier alpha value is -6.57. The lowest BCUT2D eigenvalue weighted by Crippen LogP contribution is -2.47. The van der Waals surface area contributed by atoms with Crippen LogP contribution >= 0.6 is 23.2 Å². The Kier molecular flexibility index (Phi) is 12.3. The Morgan fingerprint density at radius 2 is 1.21 bits per heavy atom. The standard InChI is InChI=1S/C27H26ClFN6O3S.C20H20ClFN6O/c1-16-2-6-22(7-3-16)39(37,38)35-9-8-23-25(30-15-31-26(23)35)33-19-4-5-21-13-24(27(36)34(21)14-19)32-20-11-17(28)10-18(29)12-20;21-11-5-12(22)7-14(6-11)26-17-8-15-2-1-13(9-28(15)20(17)29)27-19-16-3-4-23-18(16)24-10-25-19/h2-3,6-12,15,19,21,24,32H,4-5,13-14H2,1H3,(H,30,31,33);3-7,10,13,15,17,26H,1-2,8-9H2,(H2,23,24,25,27)/t19-,21-,24+;13-,15-,17+/m11/s1. The molecule has 0 radical (unpaired) electrons. The Bertz CT molecular complexity index is 3120. The minimum Gasteiger partial charge on any atom is -0.373 e. The van der Waals surface area contributed by atoms with E-state index in [-0.39, 0.29) is 57.6 Å². The highest BCUT2D eigenvalue weighted by molar-refractivity contribution is 7.90. The van der Waals surface area contributed by atoms with Gasteiger partial charge in [-0.25, -0.2) is 41.1 Å². The maximum atomic E-state index is 13.8. The van der Waals surface area contributed by atoms with Crippen LogP contribution in [0, 0.1) is 18.6 Å². The number of halogens is 4. The summed E-state index contributed by atoms with van der Waals surface area (Å²) in [5, 5.41) is 15.2. The SMILES string of the molecule is Cc1ccc(S(=O)(=O)n2ccc3c(N[C@@H]4CC[C@@H]5C[C@H](Nc6cc(F)cc(Cl)c6)C(=O)N5C4)ncnc32)cc1.O=C1[C@@H](Nc2cc(F)cc(Cl)c2)C[C@H]2CC[C@@H](Nc3ncnc4[nH]ccc34)CN12. The lowest BCUT2D eigenvalue weighted by molar-refractivity contribution is -0.131. The normalized spacial score (nSPS) is 22.4. The molecule has 8 heterocycles. The molecule has 6 atom stereocenters. The van der Waals surface area contributed by atoms with Gasteiger partial charge in [0.05, 0.1) is 15.7 Å². The van der Waals surface area contributed by atoms with Crippen molar-refractivity contribution in [2.24, 2.45) is 0 Å². The molecule has 352 valence electrons. The van der Waals surface area contributed by atoms with E-state index in [0.29, 0.717) is 53.5 Å². The summed E-state index contributed by atoms with van der Waals surface area (Å²) >= 11 is 11.9. The Morgan fingerprint density at radius 1 is 0.662 bits per heavy atom. The third kappa shape index (κ3) is 9.21. The highest BCUT2D eigenvalue weighted by atomic mass is 35.5. The maximum Gasteiger partial charge on any atom is 0.269 e. The molecule has 16 nitrogen and oxygen atoms in total. The van der Waals surface area contributed by atoms with Gasteiger partial charge in [0.15, 0.2) is 5.65 Å². The number of hydrogen-bond donors (Lipinski definition) is 5. The molecule has 5 N–H and O–H groups in total. The third-order valence-corrected chi connectivity index (χ3v) is 15.2. The lowest BCUT2D eigenvalue weighted by atomic mass is 9.98. The van der Waals surface area contributed by atoms with E-state index in [9.17, 15) is 26.8 Å². The number of H-pyrrole nitrogens is 1. The molecule has 4 saturated heterocycles. The van der Waals surface area contributed by atoms with Gasteiger partial charge in [-0.15, -0.1) is 0 Å². The second kappa shape index (κ2) is 18.5. The predicted octanol–water partition coefficient (Wildman–Crippen LogP) is 7.83. The van der Waals surface area contributed by atoms with Gasteiger partial charge in [-0.05, 0) is 106 Å². The fourth-order valence-corrected chi connectivity index (χ4v) is 11.6. The zero-order valence-electron chi connectivity index (χ0n) is 36.5. The Labute approximate surface area is 399 Å². The van der Waals surface area contributed by atoms with Crippen LogP contribution < -0.4 is 21.3 Å². The van der Waals surface area contributed by atoms with Crippen LogP contribution in [0.15, 0.2) is 103 Å². The van der Waals surface area contributed by atoms with Crippen LogP contribution in [0.2, 0.25) is 10.0 Å². The molecular formula is C47H46Cl2F2N12O4S. The van der Waals surface area contributed by atoms with Crippen molar-refractivity contribution in [1.82, 2.24) is 38.7 Å². The summed E-state index contributed by atoms with van der Waals surface area (Å²) in [6, 6.07) is 18.2. The number of nitrogens with zero attached hydrogens (tertiary/aromatic N) is 7. The van der Waals surface area contributed by atoms with Crippen LogP contribution in [0.4, 0.5) is 31.8 Å². The first kappa shape index (κ1) is 45.2. The molecule has 0 spiro atoms. The number of aromatic amines is 1. The number of nitrogens with one attached hydrogen (secondary N) is 5. The van der Waals surface area contributed by atoms with Crippen LogP contribution in [0.25, 0.3) is 22.1 Å². The van der Waals surface area contributed by atoms with Crippen LogP contribution in [-0.2, 0) is 19.6 Å². The minimum absolute atomic E-state index is 0.0383. The van der Waals surface area contributed by atoms with Gasteiger partial charge in [-0.2, -0.15) is 0 Å². The van der Waals surface area contributed by atoms with Gasteiger partial charge in [0.2, 0.25) is 11.8 Å². The van der Waals surface area contributed by atoms with Crippen molar-refractivity contribution in [3.05, 3.63) is 125 Å². The highest BCUT2D eigenvalue weighted by Crippen LogP contribution is 2.35. The number of aryl methyl sites for hydroxylation is 1. The maximum absolute atomic E-state index is 13.8. The molecule has 11 rings (SSSR count). The van der Waals surface area contributed by atoms with Crippen LogP contribution in [0.5, 0.6) is 0 Å². The quantitative estimate of drug-likeness (QED) is 0.0893. The number of benzene rings is 3. The first-order chi connectivity index (χ1) is 32.7. The summed E-state index contributed by atoms with van der Waals surface area (Å²) in [4.78, 5) is 50.4. The summed E-state index contributed by atoms with van der Waals surface area (Å²) in [6.45, 7) is 2.98. The number of rotatable bonds is 10. The van der Waals surface area contributed by atoms with E-state index in [1.54, 1.807) is 42.5 Å². The van der Waals surface area contributed by atoms with Crippen molar-refractivity contribution < 1.29 is 26.8 Å². The number of aromatic nitrogens is 6. The number of hydrogen-bond acceptors (Lipinski definition) is 12. The molecule has 21 heteroatoms. The molecule has 68 heavy (non-hydrogen) atoms. The summed E-state index contributed by atoms with van der Waals surface area (Å²) in [6.07, 6.45) is 11.0. The molecular weight excluding hydrogens is 938 g/mol. The second-order valence-corrected chi connectivity index (χ2v) is 20.3. The smallest absolute Gasteiger partial charge is 0.269 e. The average molecular weight is 984 g/mol. The number of fused-ring (bicyclic) bond motifs is 4. The monoisotopic (exact) mass is 982 g/mol. The molecule has 4 aliphatic rings. The number of amides is 2. The average Bonchev–Trinajstić information content (AvgIpc) is 4.10. The highest BCUT2D eigenvalue weighted by Gasteiger charge is 2.44. The van der Waals surface area contributed by atoms with Crippen molar-refractivity contribution in [3.63, 3.8) is 0 Å². The summed E-state index contributed by atoms with van der Waals surface area (Å²) in [5.41, 5.74) is 3.02. The molecule has 4 aromatic heterocycles. The van der Waals surface area contributed by atoms with Crippen molar-refractivity contribution in [2.45, 2.75) is 86.6 Å². The summed E-state index contributed by atoms with van der Waals surface area (Å²) < 4.78 is 55.1. The lowest BCUT2D eigenvalue weighted by Gasteiger charge is -2.35. The predicted molar refractivity (Wildman–Crippen MR) is 256 cm³/mol. The number of carbonyl (C=O) groups is 2. The minimum atomic E-state index is -3.84. The van der Waals surface area contributed by atoms with Crippen molar-refractivity contribution >= 4 is 90.1 Å². The van der Waals surface area contributed by atoms with Crippen LogP contribution in [0.3, 0.4) is 0 Å². The summed E-state index contributed by atoms with van der Waals surface area (Å²) in [7, 11) is -3.84. The molecule has 0 aliphatic carbocycles. The van der Waals surface area contributed by atoms with Crippen molar-refractivity contribution in [3.8, 4) is 0 Å².